The molecule has 0 saturated heterocycles. The highest BCUT2D eigenvalue weighted by atomic mass is 28.3. The molecule has 2 heteroatoms. The molecule has 1 nitrogen and oxygen atoms in total. The van der Waals surface area contributed by atoms with Gasteiger partial charge >= 0.3 is 0 Å². The number of benzene rings is 1. The van der Waals surface area contributed by atoms with Crippen molar-refractivity contribution in [2.45, 2.75) is 110 Å². The first-order valence-electron chi connectivity index (χ1n) is 11.9. The predicted octanol–water partition coefficient (Wildman–Crippen LogP) is 7.72. The van der Waals surface area contributed by atoms with Crippen LogP contribution in [0.4, 0.5) is 0 Å². The van der Waals surface area contributed by atoms with E-state index in [2.05, 4.69) is 69.9 Å². The van der Waals surface area contributed by atoms with Crippen LogP contribution in [0.2, 0.25) is 18.1 Å². The molecule has 0 aromatic heterocycles. The monoisotopic (exact) mass is 389 g/mol. The van der Waals surface area contributed by atoms with Crippen LogP contribution in [0.15, 0.2) is 30.3 Å². The molecule has 0 bridgehead atoms. The maximum atomic E-state index is 2.96. The van der Waals surface area contributed by atoms with Crippen LogP contribution in [0.5, 0.6) is 0 Å². The summed E-state index contributed by atoms with van der Waals surface area (Å²) < 4.78 is 0. The molecule has 1 atom stereocenters. The van der Waals surface area contributed by atoms with Crippen LogP contribution in [0.25, 0.3) is 0 Å². The van der Waals surface area contributed by atoms with Gasteiger partial charge in [-0.15, -0.1) is 0 Å². The van der Waals surface area contributed by atoms with Gasteiger partial charge in [0.15, 0.2) is 0 Å². The van der Waals surface area contributed by atoms with Crippen molar-refractivity contribution in [2.75, 3.05) is 13.1 Å². The molecule has 0 heterocycles. The maximum absolute atomic E-state index is 2.96. The molecule has 1 unspecified atom stereocenters. The lowest BCUT2D eigenvalue weighted by atomic mass is 10.1. The smallest absolute Gasteiger partial charge is 0.0721 e. The Labute approximate surface area is 172 Å². The van der Waals surface area contributed by atoms with Crippen molar-refractivity contribution in [3.63, 3.8) is 0 Å². The first kappa shape index (κ1) is 24.4. The summed E-state index contributed by atoms with van der Waals surface area (Å²) in [6, 6.07) is 15.4. The lowest BCUT2D eigenvalue weighted by molar-refractivity contribution is 0.222. The molecule has 1 rings (SSSR count). The van der Waals surface area contributed by atoms with Gasteiger partial charge in [-0.3, -0.25) is 0 Å². The van der Waals surface area contributed by atoms with Gasteiger partial charge in [-0.25, -0.2) is 0 Å². The minimum Gasteiger partial charge on any atom is -0.303 e. The number of unbranched alkanes of at least 4 members (excludes halogenated alkanes) is 3. The minimum atomic E-state index is -1.21. The first-order chi connectivity index (χ1) is 13.2. The van der Waals surface area contributed by atoms with Gasteiger partial charge in [-0.2, -0.15) is 0 Å². The van der Waals surface area contributed by atoms with Crippen LogP contribution >= 0.6 is 0 Å². The Kier molecular flexibility index (Phi) is 13.0. The van der Waals surface area contributed by atoms with E-state index in [9.17, 15) is 0 Å². The molecular formula is C25H47NSi. The molecule has 0 amide bonds. The Morgan fingerprint density at radius 1 is 0.741 bits per heavy atom. The molecule has 0 fully saturated rings. The molecule has 27 heavy (non-hydrogen) atoms. The van der Waals surface area contributed by atoms with Crippen molar-refractivity contribution in [3.05, 3.63) is 35.9 Å². The highest BCUT2D eigenvalue weighted by Crippen LogP contribution is 2.31. The Balaban J connectivity index is 2.80. The molecule has 0 saturated carbocycles. The zero-order valence-corrected chi connectivity index (χ0v) is 20.1. The number of hydrogen-bond acceptors (Lipinski definition) is 1. The van der Waals surface area contributed by atoms with E-state index < -0.39 is 8.07 Å². The van der Waals surface area contributed by atoms with Crippen molar-refractivity contribution in [1.29, 1.82) is 0 Å². The van der Waals surface area contributed by atoms with E-state index >= 15 is 0 Å². The summed E-state index contributed by atoms with van der Waals surface area (Å²) in [5.41, 5.74) is 2.40. The predicted molar refractivity (Wildman–Crippen MR) is 126 cm³/mol. The fourth-order valence-electron chi connectivity index (χ4n) is 4.79. The van der Waals surface area contributed by atoms with E-state index in [0.717, 1.165) is 5.67 Å². The quantitative estimate of drug-likeness (QED) is 0.206. The average molecular weight is 390 g/mol. The third kappa shape index (κ3) is 8.11. The SMILES string of the molecule is CCCCN(CCCC)C(CCCCc1ccccc1)[Si](CC)(CC)CC. The third-order valence-corrected chi connectivity index (χ3v) is 13.2. The minimum absolute atomic E-state index is 0.895. The summed E-state index contributed by atoms with van der Waals surface area (Å²) in [6.45, 7) is 14.8. The molecule has 1 aromatic rings. The maximum Gasteiger partial charge on any atom is 0.0721 e. The van der Waals surface area contributed by atoms with Crippen molar-refractivity contribution < 1.29 is 0 Å². The van der Waals surface area contributed by atoms with Gasteiger partial charge in [-0.1, -0.05) is 102 Å². The lowest BCUT2D eigenvalue weighted by Crippen LogP contribution is -2.56. The van der Waals surface area contributed by atoms with Crippen LogP contribution in [0, 0.1) is 0 Å². The van der Waals surface area contributed by atoms with E-state index in [1.54, 1.807) is 0 Å². The largest absolute Gasteiger partial charge is 0.303 e. The topological polar surface area (TPSA) is 3.24 Å². The zero-order chi connectivity index (χ0) is 20.0. The molecule has 0 N–H and O–H groups in total. The number of aryl methyl sites for hydroxylation is 1. The molecule has 1 aromatic carbocycles. The summed E-state index contributed by atoms with van der Waals surface area (Å²) in [5, 5.41) is 0. The van der Waals surface area contributed by atoms with Crippen LogP contribution in [-0.4, -0.2) is 31.7 Å². The zero-order valence-electron chi connectivity index (χ0n) is 19.1. The van der Waals surface area contributed by atoms with Gasteiger partial charge in [0.05, 0.1) is 8.07 Å². The van der Waals surface area contributed by atoms with Crippen molar-refractivity contribution in [3.8, 4) is 0 Å². The van der Waals surface area contributed by atoms with Crippen LogP contribution in [-0.2, 0) is 6.42 Å². The van der Waals surface area contributed by atoms with E-state index in [-0.39, 0.29) is 0 Å². The van der Waals surface area contributed by atoms with E-state index in [0.29, 0.717) is 0 Å². The highest BCUT2D eigenvalue weighted by molar-refractivity contribution is 6.81. The van der Waals surface area contributed by atoms with Gasteiger partial charge in [0.1, 0.15) is 0 Å². The number of rotatable bonds is 16. The highest BCUT2D eigenvalue weighted by Gasteiger charge is 2.38. The first-order valence-corrected chi connectivity index (χ1v) is 14.6. The normalized spacial score (nSPS) is 13.3. The molecule has 0 spiro atoms. The average Bonchev–Trinajstić information content (AvgIpc) is 2.72. The Morgan fingerprint density at radius 3 is 1.78 bits per heavy atom. The van der Waals surface area contributed by atoms with Gasteiger partial charge in [0.2, 0.25) is 0 Å². The number of nitrogens with zero attached hydrogens (tertiary/aromatic N) is 1. The van der Waals surface area contributed by atoms with Crippen molar-refractivity contribution >= 4 is 8.07 Å². The summed E-state index contributed by atoms with van der Waals surface area (Å²) in [7, 11) is -1.21. The molecular weight excluding hydrogens is 342 g/mol. The van der Waals surface area contributed by atoms with Gasteiger partial charge in [-0.05, 0) is 50.8 Å². The van der Waals surface area contributed by atoms with Crippen molar-refractivity contribution in [2.24, 2.45) is 0 Å². The van der Waals surface area contributed by atoms with Crippen LogP contribution < -0.4 is 0 Å². The summed E-state index contributed by atoms with van der Waals surface area (Å²) in [4.78, 5) is 2.96. The fourth-order valence-corrected chi connectivity index (χ4v) is 9.55. The lowest BCUT2D eigenvalue weighted by Gasteiger charge is -2.45. The Hall–Kier alpha value is -0.603. The van der Waals surface area contributed by atoms with Gasteiger partial charge in [0, 0.05) is 5.67 Å². The van der Waals surface area contributed by atoms with Crippen LogP contribution in [0.3, 0.4) is 0 Å². The van der Waals surface area contributed by atoms with E-state index in [1.807, 2.05) is 0 Å². The second-order valence-electron chi connectivity index (χ2n) is 8.41. The second-order valence-corrected chi connectivity index (χ2v) is 13.9. The number of hydrogen-bond donors (Lipinski definition) is 0. The molecule has 0 aliphatic rings. The summed E-state index contributed by atoms with van der Waals surface area (Å²) >= 11 is 0. The summed E-state index contributed by atoms with van der Waals surface area (Å²) in [6.07, 6.45) is 10.8. The molecule has 0 aliphatic carbocycles. The fraction of sp³-hybridized carbons (Fsp3) is 0.760. The standard InChI is InChI=1S/C25H47NSi/c1-6-11-22-26(23-12-7-2)25(27(8-3,9-4)10-5)21-17-16-20-24-18-14-13-15-19-24/h13-15,18-19,25H,6-12,16-17,20-23H2,1-5H3. The molecule has 156 valence electrons. The third-order valence-electron chi connectivity index (χ3n) is 6.89. The van der Waals surface area contributed by atoms with Gasteiger partial charge in [0.25, 0.3) is 0 Å². The Morgan fingerprint density at radius 2 is 1.30 bits per heavy atom. The van der Waals surface area contributed by atoms with Gasteiger partial charge < -0.3 is 4.90 Å². The van der Waals surface area contributed by atoms with Crippen molar-refractivity contribution in [1.82, 2.24) is 4.90 Å². The Bertz CT molecular complexity index is 438. The van der Waals surface area contributed by atoms with Crippen LogP contribution in [0.1, 0.15) is 85.1 Å². The van der Waals surface area contributed by atoms with E-state index in [4.69, 9.17) is 0 Å². The van der Waals surface area contributed by atoms with E-state index in [1.165, 1.54) is 88.2 Å². The summed E-state index contributed by atoms with van der Waals surface area (Å²) in [5.74, 6) is 0. The second kappa shape index (κ2) is 14.4. The molecule has 0 aliphatic heterocycles. The molecule has 0 radical (unpaired) electrons.